The van der Waals surface area contributed by atoms with E-state index in [1.54, 1.807) is 24.3 Å². The van der Waals surface area contributed by atoms with Gasteiger partial charge in [-0.3, -0.25) is 14.6 Å². The Labute approximate surface area is 388 Å². The van der Waals surface area contributed by atoms with E-state index >= 15 is 0 Å². The maximum absolute atomic E-state index is 14.3. The molecule has 4 N–H and O–H groups in total. The van der Waals surface area contributed by atoms with Crippen molar-refractivity contribution >= 4 is 44.3 Å². The lowest BCUT2D eigenvalue weighted by molar-refractivity contribution is -0.165. The molecule has 66 heavy (non-hydrogen) atoms. The smallest absolute Gasteiger partial charge is 0.408 e. The second-order valence-corrected chi connectivity index (χ2v) is 23.3. The lowest BCUT2D eigenvalue weighted by atomic mass is 9.98. The van der Waals surface area contributed by atoms with Crippen molar-refractivity contribution < 1.29 is 52.1 Å². The van der Waals surface area contributed by atoms with E-state index in [1.165, 1.54) is 13.0 Å². The molecule has 4 amide bonds. The number of alkyl carbamates (subject to hydrolysis) is 2. The van der Waals surface area contributed by atoms with Crippen molar-refractivity contribution in [2.45, 2.75) is 115 Å². The molecule has 3 aromatic rings. The zero-order valence-electron chi connectivity index (χ0n) is 39.2. The highest BCUT2D eigenvalue weighted by Gasteiger charge is 2.45. The van der Waals surface area contributed by atoms with Gasteiger partial charge in [0.15, 0.2) is 14.4 Å². The van der Waals surface area contributed by atoms with Gasteiger partial charge in [-0.15, -0.1) is 0 Å². The van der Waals surface area contributed by atoms with Crippen LogP contribution in [0.25, 0.3) is 11.1 Å². The Balaban J connectivity index is 1.26. The summed E-state index contributed by atoms with van der Waals surface area (Å²) in [6, 6.07) is 19.8. The fourth-order valence-electron chi connectivity index (χ4n) is 7.51. The monoisotopic (exact) mass is 927 g/mol. The zero-order chi connectivity index (χ0) is 48.2. The summed E-state index contributed by atoms with van der Waals surface area (Å²) in [7, 11) is -2.38. The SMILES string of the molecule is C=CCOC(=O)[C@H](COC(=O)[C@H]1C[C@@H](O[Si](C)(C)C(C)(C)C)CNN1C(=O)[C@H](C)NC(=O)[C@@H](CC(C)C)NC(=O)OCC1c2ccccc2-c2ccccc21)NC(=O)OCc1ccccc1. The molecule has 1 heterocycles. The number of nitrogens with one attached hydrogen (secondary N) is 4. The Hall–Kier alpha value is -6.04. The number of nitrogens with zero attached hydrogens (tertiary/aromatic N) is 1. The van der Waals surface area contributed by atoms with Crippen molar-refractivity contribution in [3.8, 4) is 11.1 Å². The number of benzene rings is 3. The van der Waals surface area contributed by atoms with E-state index in [-0.39, 0.29) is 56.1 Å². The minimum Gasteiger partial charge on any atom is -0.461 e. The summed E-state index contributed by atoms with van der Waals surface area (Å²) >= 11 is 0. The Morgan fingerprint density at radius 2 is 1.39 bits per heavy atom. The Morgan fingerprint density at radius 1 is 0.803 bits per heavy atom. The van der Waals surface area contributed by atoms with Gasteiger partial charge >= 0.3 is 24.1 Å². The number of esters is 2. The van der Waals surface area contributed by atoms with Crippen LogP contribution in [0.1, 0.15) is 77.0 Å². The van der Waals surface area contributed by atoms with Crippen LogP contribution < -0.4 is 21.4 Å². The van der Waals surface area contributed by atoms with E-state index < -0.39 is 81.1 Å². The van der Waals surface area contributed by atoms with Crippen molar-refractivity contribution in [1.29, 1.82) is 0 Å². The number of rotatable bonds is 19. The second-order valence-electron chi connectivity index (χ2n) is 18.5. The third-order valence-electron chi connectivity index (χ3n) is 12.0. The normalized spacial score (nSPS) is 17.3. The first-order valence-electron chi connectivity index (χ1n) is 22.4. The van der Waals surface area contributed by atoms with Gasteiger partial charge in [-0.2, -0.15) is 0 Å². The first kappa shape index (κ1) is 50.9. The summed E-state index contributed by atoms with van der Waals surface area (Å²) in [5, 5.41) is 8.76. The third-order valence-corrected chi connectivity index (χ3v) is 16.5. The molecule has 0 spiro atoms. The van der Waals surface area contributed by atoms with Crippen molar-refractivity contribution in [3.63, 3.8) is 0 Å². The van der Waals surface area contributed by atoms with E-state index in [2.05, 4.69) is 61.8 Å². The molecule has 1 aliphatic heterocycles. The summed E-state index contributed by atoms with van der Waals surface area (Å²) in [5.74, 6) is -3.33. The van der Waals surface area contributed by atoms with E-state index in [4.69, 9.17) is 23.4 Å². The van der Waals surface area contributed by atoms with E-state index in [9.17, 15) is 28.8 Å². The van der Waals surface area contributed by atoms with Gasteiger partial charge in [-0.05, 0) is 65.2 Å². The van der Waals surface area contributed by atoms with Gasteiger partial charge in [-0.1, -0.05) is 126 Å². The molecule has 0 radical (unpaired) electrons. The molecule has 2 aliphatic rings. The van der Waals surface area contributed by atoms with Gasteiger partial charge in [0.25, 0.3) is 5.91 Å². The molecule has 3 aromatic carbocycles. The molecule has 1 fully saturated rings. The Morgan fingerprint density at radius 3 is 2.00 bits per heavy atom. The maximum atomic E-state index is 14.3. The van der Waals surface area contributed by atoms with Crippen LogP contribution in [0.2, 0.25) is 18.1 Å². The van der Waals surface area contributed by atoms with Crippen molar-refractivity contribution in [2.75, 3.05) is 26.4 Å². The lowest BCUT2D eigenvalue weighted by Gasteiger charge is -2.44. The summed E-state index contributed by atoms with van der Waals surface area (Å²) in [6.45, 7) is 18.5. The fourth-order valence-corrected chi connectivity index (χ4v) is 8.88. The number of ether oxygens (including phenoxy) is 4. The molecule has 16 nitrogen and oxygen atoms in total. The van der Waals surface area contributed by atoms with Crippen LogP contribution >= 0.6 is 0 Å². The second kappa shape index (κ2) is 22.9. The highest BCUT2D eigenvalue weighted by atomic mass is 28.4. The summed E-state index contributed by atoms with van der Waals surface area (Å²) in [6.07, 6.45) is -0.656. The maximum Gasteiger partial charge on any atom is 0.408 e. The van der Waals surface area contributed by atoms with Crippen LogP contribution in [-0.4, -0.2) is 106 Å². The van der Waals surface area contributed by atoms with Gasteiger partial charge < -0.3 is 39.3 Å². The first-order valence-corrected chi connectivity index (χ1v) is 25.3. The van der Waals surface area contributed by atoms with Gasteiger partial charge in [0.2, 0.25) is 5.91 Å². The van der Waals surface area contributed by atoms with Crippen LogP contribution in [0.4, 0.5) is 9.59 Å². The average Bonchev–Trinajstić information content (AvgIpc) is 3.60. The molecule has 0 bridgehead atoms. The number of carbonyl (C=O) groups is 6. The van der Waals surface area contributed by atoms with Gasteiger partial charge in [0.1, 0.15) is 44.6 Å². The molecular formula is C49H65N5O11Si. The number of hydrazine groups is 1. The molecule has 5 atom stereocenters. The van der Waals surface area contributed by atoms with Crippen LogP contribution in [0.5, 0.6) is 0 Å². The molecule has 356 valence electrons. The third kappa shape index (κ3) is 13.5. The molecule has 1 saturated heterocycles. The largest absolute Gasteiger partial charge is 0.461 e. The Bertz CT molecular complexity index is 2150. The van der Waals surface area contributed by atoms with E-state index in [1.807, 2.05) is 68.4 Å². The van der Waals surface area contributed by atoms with Crippen molar-refractivity contribution in [3.05, 3.63) is 108 Å². The number of amides is 4. The first-order chi connectivity index (χ1) is 31.3. The molecule has 17 heteroatoms. The average molecular weight is 928 g/mol. The topological polar surface area (TPSA) is 200 Å². The van der Waals surface area contributed by atoms with Crippen LogP contribution in [0.3, 0.4) is 0 Å². The van der Waals surface area contributed by atoms with E-state index in [0.29, 0.717) is 5.56 Å². The van der Waals surface area contributed by atoms with Crippen molar-refractivity contribution in [1.82, 2.24) is 26.4 Å². The van der Waals surface area contributed by atoms with Gasteiger partial charge in [0.05, 0.1) is 6.10 Å². The molecule has 5 rings (SSSR count). The fraction of sp³-hybridized carbons (Fsp3) is 0.469. The number of hydrogen-bond acceptors (Lipinski definition) is 12. The highest BCUT2D eigenvalue weighted by molar-refractivity contribution is 6.74. The number of fused-ring (bicyclic) bond motifs is 3. The van der Waals surface area contributed by atoms with Gasteiger partial charge in [0, 0.05) is 18.9 Å². The predicted molar refractivity (Wildman–Crippen MR) is 250 cm³/mol. The van der Waals surface area contributed by atoms with Crippen molar-refractivity contribution in [2.24, 2.45) is 5.92 Å². The number of carbonyl (C=O) groups excluding carboxylic acids is 6. The number of hydrogen-bond donors (Lipinski definition) is 4. The highest BCUT2D eigenvalue weighted by Crippen LogP contribution is 2.44. The molecule has 0 unspecified atom stereocenters. The molecular weight excluding hydrogens is 863 g/mol. The van der Waals surface area contributed by atoms with Crippen LogP contribution in [0, 0.1) is 5.92 Å². The Kier molecular flexibility index (Phi) is 17.7. The van der Waals surface area contributed by atoms with Gasteiger partial charge in [-0.25, -0.2) is 24.6 Å². The molecule has 1 aliphatic carbocycles. The zero-order valence-corrected chi connectivity index (χ0v) is 40.2. The summed E-state index contributed by atoms with van der Waals surface area (Å²) in [4.78, 5) is 81.4. The molecule has 0 saturated carbocycles. The predicted octanol–water partition coefficient (Wildman–Crippen LogP) is 6.51. The quantitative estimate of drug-likeness (QED) is 0.0441. The van der Waals surface area contributed by atoms with Crippen LogP contribution in [-0.2, 0) is 49.2 Å². The summed E-state index contributed by atoms with van der Waals surface area (Å²) < 4.78 is 28.5. The van der Waals surface area contributed by atoms with Crippen LogP contribution in [0.15, 0.2) is 91.5 Å². The minimum atomic E-state index is -2.38. The standard InChI is InChI=1S/C49H65N5O11Si/c1-10-24-61-45(57)41(53-48(60)63-28-33-18-12-11-13-19-33)30-62-46(58)42-26-34(65-66(8,9)49(5,6)7)27-50-54(42)44(56)32(4)51-43(55)40(25-31(2)3)52-47(59)64-29-39-37-22-16-14-20-35(37)36-21-15-17-23-38(36)39/h10-23,31-32,34,39-42,50H,1,24-30H2,2-9H3,(H,51,55)(H,52,59)(H,53,60)/t32-,34+,40+,41-,42+/m0/s1. The lowest BCUT2D eigenvalue weighted by Crippen LogP contribution is -2.65. The van der Waals surface area contributed by atoms with E-state index in [0.717, 1.165) is 27.3 Å². The summed E-state index contributed by atoms with van der Waals surface area (Å²) in [5.41, 5.74) is 7.99. The molecule has 0 aromatic heterocycles. The minimum absolute atomic E-state index is 0.0161.